The number of fused-ring (bicyclic) bond motifs is 1. The van der Waals surface area contributed by atoms with Crippen molar-refractivity contribution in [3.05, 3.63) is 57.1 Å². The highest BCUT2D eigenvalue weighted by Crippen LogP contribution is 2.25. The number of rotatable bonds is 2. The molecule has 0 atom stereocenters. The third kappa shape index (κ3) is 2.03. The van der Waals surface area contributed by atoms with Gasteiger partial charge >= 0.3 is 0 Å². The smallest absolute Gasteiger partial charge is 0.132 e. The molecule has 1 nitrogen and oxygen atoms in total. The highest BCUT2D eigenvalue weighted by Gasteiger charge is 2.06. The third-order valence-corrected chi connectivity index (χ3v) is 4.32. The molecule has 0 N–H and O–H groups in total. The molecule has 0 saturated carbocycles. The fraction of sp³-hybridized carbons (Fsp3) is 0.0769. The molecule has 0 fully saturated rings. The predicted molar refractivity (Wildman–Crippen MR) is 73.0 cm³/mol. The lowest BCUT2D eigenvalue weighted by atomic mass is 10.2. The molecule has 17 heavy (non-hydrogen) atoms. The maximum atomic E-state index is 13.5. The van der Waals surface area contributed by atoms with Gasteiger partial charge in [0.1, 0.15) is 5.82 Å². The van der Waals surface area contributed by atoms with Gasteiger partial charge in [-0.2, -0.15) is 0 Å². The molecule has 4 heteroatoms. The van der Waals surface area contributed by atoms with Crippen LogP contribution in [0.3, 0.4) is 0 Å². The summed E-state index contributed by atoms with van der Waals surface area (Å²) >= 11 is 5.15. The van der Waals surface area contributed by atoms with Gasteiger partial charge in [0.2, 0.25) is 0 Å². The second-order valence-corrected chi connectivity index (χ2v) is 6.37. The van der Waals surface area contributed by atoms with E-state index in [0.29, 0.717) is 5.39 Å². The molecule has 0 bridgehead atoms. The summed E-state index contributed by atoms with van der Waals surface area (Å²) in [4.78, 5) is 1.25. The Balaban J connectivity index is 2.04. The average Bonchev–Trinajstić information content (AvgIpc) is 2.88. The number of aromatic nitrogens is 1. The fourth-order valence-electron chi connectivity index (χ4n) is 1.93. The Labute approximate surface area is 111 Å². The number of hydrogen-bond acceptors (Lipinski definition) is 1. The first-order chi connectivity index (χ1) is 8.24. The molecule has 0 aliphatic rings. The summed E-state index contributed by atoms with van der Waals surface area (Å²) < 4.78 is 16.7. The van der Waals surface area contributed by atoms with Crippen molar-refractivity contribution < 1.29 is 4.39 Å². The van der Waals surface area contributed by atoms with Gasteiger partial charge in [0.05, 0.1) is 15.8 Å². The first-order valence-electron chi connectivity index (χ1n) is 5.21. The van der Waals surface area contributed by atoms with E-state index in [9.17, 15) is 4.39 Å². The molecule has 2 aromatic heterocycles. The Morgan fingerprint density at radius 2 is 2.06 bits per heavy atom. The van der Waals surface area contributed by atoms with Crippen molar-refractivity contribution in [3.8, 4) is 0 Å². The van der Waals surface area contributed by atoms with Crippen LogP contribution in [0, 0.1) is 5.82 Å². The SMILES string of the molecule is Fc1cccc2c1ccn2Cc1ccc(Br)s1. The molecular formula is C13H9BrFNS. The van der Waals surface area contributed by atoms with Gasteiger partial charge in [0.25, 0.3) is 0 Å². The molecule has 0 amide bonds. The summed E-state index contributed by atoms with van der Waals surface area (Å²) in [6.45, 7) is 0.781. The van der Waals surface area contributed by atoms with Gasteiger partial charge < -0.3 is 4.57 Å². The van der Waals surface area contributed by atoms with Crippen molar-refractivity contribution in [2.45, 2.75) is 6.54 Å². The summed E-state index contributed by atoms with van der Waals surface area (Å²) in [5.41, 5.74) is 0.939. The van der Waals surface area contributed by atoms with E-state index in [-0.39, 0.29) is 5.82 Å². The Kier molecular flexibility index (Phi) is 2.76. The average molecular weight is 310 g/mol. The van der Waals surface area contributed by atoms with Crippen molar-refractivity contribution in [1.82, 2.24) is 4.57 Å². The van der Waals surface area contributed by atoms with E-state index in [1.165, 1.54) is 10.9 Å². The largest absolute Gasteiger partial charge is 0.342 e. The Morgan fingerprint density at radius 1 is 1.18 bits per heavy atom. The van der Waals surface area contributed by atoms with Crippen molar-refractivity contribution in [3.63, 3.8) is 0 Å². The van der Waals surface area contributed by atoms with E-state index in [1.54, 1.807) is 17.4 Å². The molecule has 1 aromatic carbocycles. The monoisotopic (exact) mass is 309 g/mol. The van der Waals surface area contributed by atoms with E-state index in [4.69, 9.17) is 0 Å². The van der Waals surface area contributed by atoms with Crippen LogP contribution in [-0.2, 0) is 6.54 Å². The summed E-state index contributed by atoms with van der Waals surface area (Å²) in [5, 5.41) is 0.683. The van der Waals surface area contributed by atoms with Gasteiger partial charge in [-0.1, -0.05) is 6.07 Å². The van der Waals surface area contributed by atoms with E-state index >= 15 is 0 Å². The molecule has 0 spiro atoms. The van der Waals surface area contributed by atoms with Crippen molar-refractivity contribution >= 4 is 38.2 Å². The van der Waals surface area contributed by atoms with Gasteiger partial charge in [-0.3, -0.25) is 0 Å². The van der Waals surface area contributed by atoms with Gasteiger partial charge in [0, 0.05) is 16.5 Å². The lowest BCUT2D eigenvalue weighted by Crippen LogP contribution is -1.95. The van der Waals surface area contributed by atoms with Crippen molar-refractivity contribution in [1.29, 1.82) is 0 Å². The molecule has 0 unspecified atom stereocenters. The molecule has 0 saturated heterocycles. The number of halogens is 2. The molecule has 0 aliphatic carbocycles. The number of nitrogens with zero attached hydrogens (tertiary/aromatic N) is 1. The third-order valence-electron chi connectivity index (χ3n) is 2.72. The minimum absolute atomic E-state index is 0.159. The van der Waals surface area contributed by atoms with Crippen LogP contribution in [0.1, 0.15) is 4.88 Å². The summed E-state index contributed by atoms with van der Waals surface area (Å²) in [7, 11) is 0. The van der Waals surface area contributed by atoms with E-state index in [1.807, 2.05) is 24.4 Å². The van der Waals surface area contributed by atoms with Gasteiger partial charge in [-0.05, 0) is 46.3 Å². The van der Waals surface area contributed by atoms with Crippen LogP contribution in [-0.4, -0.2) is 4.57 Å². The topological polar surface area (TPSA) is 4.93 Å². The quantitative estimate of drug-likeness (QED) is 0.649. The molecular weight excluding hydrogens is 301 g/mol. The van der Waals surface area contributed by atoms with Crippen molar-refractivity contribution in [2.75, 3.05) is 0 Å². The van der Waals surface area contributed by atoms with Crippen LogP contribution in [0.2, 0.25) is 0 Å². The van der Waals surface area contributed by atoms with Gasteiger partial charge in [-0.25, -0.2) is 4.39 Å². The zero-order chi connectivity index (χ0) is 11.8. The van der Waals surface area contributed by atoms with Gasteiger partial charge in [0.15, 0.2) is 0 Å². The maximum Gasteiger partial charge on any atom is 0.132 e. The summed E-state index contributed by atoms with van der Waals surface area (Å²) in [6.07, 6.45) is 1.93. The summed E-state index contributed by atoms with van der Waals surface area (Å²) in [5.74, 6) is -0.159. The second kappa shape index (κ2) is 4.27. The Bertz CT molecular complexity index is 671. The first-order valence-corrected chi connectivity index (χ1v) is 6.82. The highest BCUT2D eigenvalue weighted by molar-refractivity contribution is 9.11. The zero-order valence-electron chi connectivity index (χ0n) is 8.86. The van der Waals surface area contributed by atoms with Crippen LogP contribution >= 0.6 is 27.3 Å². The number of hydrogen-bond donors (Lipinski definition) is 0. The van der Waals surface area contributed by atoms with Crippen LogP contribution in [0.15, 0.2) is 46.4 Å². The number of benzene rings is 1. The zero-order valence-corrected chi connectivity index (χ0v) is 11.3. The molecule has 0 radical (unpaired) electrons. The van der Waals surface area contributed by atoms with Crippen LogP contribution in [0.4, 0.5) is 4.39 Å². The van der Waals surface area contributed by atoms with Crippen LogP contribution < -0.4 is 0 Å². The fourth-order valence-corrected chi connectivity index (χ4v) is 3.41. The number of thiophene rings is 1. The molecule has 86 valence electrons. The van der Waals surface area contributed by atoms with E-state index < -0.39 is 0 Å². The standard InChI is InChI=1S/C13H9BrFNS/c14-13-5-4-9(17-13)8-16-7-6-10-11(15)2-1-3-12(10)16/h1-7H,8H2. The Morgan fingerprint density at radius 3 is 2.82 bits per heavy atom. The molecule has 3 aromatic rings. The lowest BCUT2D eigenvalue weighted by molar-refractivity contribution is 0.639. The minimum Gasteiger partial charge on any atom is -0.342 e. The maximum absolute atomic E-state index is 13.5. The lowest BCUT2D eigenvalue weighted by Gasteiger charge is -2.03. The highest BCUT2D eigenvalue weighted by atomic mass is 79.9. The van der Waals surface area contributed by atoms with Gasteiger partial charge in [-0.15, -0.1) is 11.3 Å². The van der Waals surface area contributed by atoms with E-state index in [0.717, 1.165) is 15.8 Å². The van der Waals surface area contributed by atoms with Crippen LogP contribution in [0.25, 0.3) is 10.9 Å². The van der Waals surface area contributed by atoms with Crippen LogP contribution in [0.5, 0.6) is 0 Å². The van der Waals surface area contributed by atoms with E-state index in [2.05, 4.69) is 26.6 Å². The first kappa shape index (κ1) is 11.0. The predicted octanol–water partition coefficient (Wildman–Crippen LogP) is 4.65. The molecule has 0 aliphatic heterocycles. The summed E-state index contributed by atoms with van der Waals surface area (Å²) in [6, 6.07) is 11.1. The second-order valence-electron chi connectivity index (χ2n) is 3.82. The Hall–Kier alpha value is -1.13. The van der Waals surface area contributed by atoms with Crippen molar-refractivity contribution in [2.24, 2.45) is 0 Å². The molecule has 2 heterocycles. The minimum atomic E-state index is -0.159. The molecule has 3 rings (SSSR count). The normalized spacial score (nSPS) is 11.2.